The third-order valence-electron chi connectivity index (χ3n) is 8.12. The van der Waals surface area contributed by atoms with Crippen molar-refractivity contribution in [3.63, 3.8) is 0 Å². The molecule has 11 nitrogen and oxygen atoms in total. The number of imide groups is 1. The summed E-state index contributed by atoms with van der Waals surface area (Å²) in [6.45, 7) is 2.89. The first-order valence-electron chi connectivity index (χ1n) is 12.6. The summed E-state index contributed by atoms with van der Waals surface area (Å²) in [4.78, 5) is 55.9. The van der Waals surface area contributed by atoms with Crippen LogP contribution in [0.15, 0.2) is 24.4 Å². The van der Waals surface area contributed by atoms with E-state index in [1.807, 2.05) is 17.0 Å². The summed E-state index contributed by atoms with van der Waals surface area (Å²) in [7, 11) is 2.17. The molecule has 0 aliphatic carbocycles. The Morgan fingerprint density at radius 3 is 2.81 bits per heavy atom. The highest BCUT2D eigenvalue weighted by atomic mass is 16.2. The predicted octanol–water partition coefficient (Wildman–Crippen LogP) is 0.585. The van der Waals surface area contributed by atoms with Crippen LogP contribution in [0.5, 0.6) is 0 Å². The Bertz CT molecular complexity index is 1260. The molecule has 6 rings (SSSR count). The van der Waals surface area contributed by atoms with E-state index in [-0.39, 0.29) is 29.8 Å². The van der Waals surface area contributed by atoms with Crippen molar-refractivity contribution >= 4 is 23.6 Å². The average molecular weight is 492 g/mol. The maximum absolute atomic E-state index is 13.2. The number of aromatic nitrogens is 3. The molecule has 1 aromatic carbocycles. The Labute approximate surface area is 208 Å². The molecule has 4 aliphatic rings. The molecule has 0 bridgehead atoms. The molecule has 3 saturated heterocycles. The molecule has 3 atom stereocenters. The first-order valence-corrected chi connectivity index (χ1v) is 12.6. The Morgan fingerprint density at radius 2 is 1.97 bits per heavy atom. The van der Waals surface area contributed by atoms with Gasteiger partial charge in [-0.3, -0.25) is 24.5 Å². The molecule has 0 saturated carbocycles. The third-order valence-corrected chi connectivity index (χ3v) is 8.12. The number of benzene rings is 1. The number of nitrogens with one attached hydrogen (secondary N) is 1. The van der Waals surface area contributed by atoms with E-state index in [1.54, 1.807) is 12.3 Å². The Hall–Kier alpha value is -3.60. The van der Waals surface area contributed by atoms with Crippen molar-refractivity contribution in [2.75, 3.05) is 26.7 Å². The van der Waals surface area contributed by atoms with Crippen LogP contribution in [0.2, 0.25) is 0 Å². The lowest BCUT2D eigenvalue weighted by Crippen LogP contribution is -2.53. The fourth-order valence-corrected chi connectivity index (χ4v) is 6.17. The number of hydrogen-bond donors (Lipinski definition) is 1. The van der Waals surface area contributed by atoms with Crippen molar-refractivity contribution in [2.45, 2.75) is 50.7 Å². The van der Waals surface area contributed by atoms with Gasteiger partial charge in [0.25, 0.3) is 11.8 Å². The van der Waals surface area contributed by atoms with Crippen LogP contribution in [0.4, 0.5) is 0 Å². The van der Waals surface area contributed by atoms with Crippen LogP contribution in [-0.4, -0.2) is 92.1 Å². The number of rotatable bonds is 3. The minimum absolute atomic E-state index is 0.116. The molecule has 11 heteroatoms. The fourth-order valence-electron chi connectivity index (χ4n) is 6.17. The van der Waals surface area contributed by atoms with Gasteiger partial charge in [0.2, 0.25) is 11.8 Å². The van der Waals surface area contributed by atoms with Gasteiger partial charge in [0.05, 0.1) is 11.9 Å². The maximum atomic E-state index is 13.2. The van der Waals surface area contributed by atoms with E-state index < -0.39 is 11.9 Å². The van der Waals surface area contributed by atoms with Gasteiger partial charge in [0.1, 0.15) is 6.04 Å². The summed E-state index contributed by atoms with van der Waals surface area (Å²) >= 11 is 0. The molecule has 0 radical (unpaired) electrons. The Morgan fingerprint density at radius 1 is 1.11 bits per heavy atom. The topological polar surface area (TPSA) is 121 Å². The maximum Gasteiger partial charge on any atom is 0.276 e. The van der Waals surface area contributed by atoms with Crippen LogP contribution < -0.4 is 5.32 Å². The standard InChI is InChI=1S/C25H29N7O4/c1-29-9-2-3-16-12-30(10-8-20(16)29)25(36)19-14-32(28-27-19)17-5-4-15-13-31(24(35)18(15)11-17)21-6-7-22(33)26-23(21)34/h4-5,11,14,16,20-21H,2-3,6-10,12-13H2,1H3,(H,26,33,34). The lowest BCUT2D eigenvalue weighted by atomic mass is 9.84. The zero-order chi connectivity index (χ0) is 25.0. The minimum Gasteiger partial charge on any atom is -0.337 e. The van der Waals surface area contributed by atoms with Crippen LogP contribution >= 0.6 is 0 Å². The van der Waals surface area contributed by atoms with Crippen LogP contribution in [0.3, 0.4) is 0 Å². The van der Waals surface area contributed by atoms with Crippen LogP contribution in [-0.2, 0) is 16.1 Å². The van der Waals surface area contributed by atoms with Gasteiger partial charge in [0.15, 0.2) is 5.69 Å². The largest absolute Gasteiger partial charge is 0.337 e. The zero-order valence-corrected chi connectivity index (χ0v) is 20.2. The van der Waals surface area contributed by atoms with E-state index in [9.17, 15) is 19.2 Å². The third kappa shape index (κ3) is 3.87. The number of likely N-dealkylation sites (tertiary alicyclic amines) is 2. The first-order chi connectivity index (χ1) is 17.4. The van der Waals surface area contributed by atoms with E-state index in [2.05, 4.69) is 27.6 Å². The number of amides is 4. The molecule has 1 N–H and O–H groups in total. The van der Waals surface area contributed by atoms with Gasteiger partial charge < -0.3 is 14.7 Å². The number of fused-ring (bicyclic) bond motifs is 2. The Balaban J connectivity index is 1.17. The molecule has 3 unspecified atom stereocenters. The highest BCUT2D eigenvalue weighted by Crippen LogP contribution is 2.31. The number of carbonyl (C=O) groups excluding carboxylic acids is 4. The molecule has 1 aromatic heterocycles. The van der Waals surface area contributed by atoms with Crippen LogP contribution in [0.25, 0.3) is 5.69 Å². The molecule has 2 aromatic rings. The summed E-state index contributed by atoms with van der Waals surface area (Å²) < 4.78 is 1.51. The molecule has 36 heavy (non-hydrogen) atoms. The minimum atomic E-state index is -0.658. The number of nitrogens with zero attached hydrogens (tertiary/aromatic N) is 6. The second kappa shape index (κ2) is 8.81. The van der Waals surface area contributed by atoms with Gasteiger partial charge in [-0.05, 0) is 62.9 Å². The lowest BCUT2D eigenvalue weighted by molar-refractivity contribution is -0.136. The van der Waals surface area contributed by atoms with E-state index in [0.29, 0.717) is 42.7 Å². The quantitative estimate of drug-likeness (QED) is 0.624. The summed E-state index contributed by atoms with van der Waals surface area (Å²) in [6.07, 6.45) is 5.42. The molecule has 4 aliphatic heterocycles. The first kappa shape index (κ1) is 22.8. The van der Waals surface area contributed by atoms with Gasteiger partial charge in [-0.25, -0.2) is 4.68 Å². The normalized spacial score (nSPS) is 26.6. The smallest absolute Gasteiger partial charge is 0.276 e. The van der Waals surface area contributed by atoms with E-state index in [0.717, 1.165) is 37.9 Å². The van der Waals surface area contributed by atoms with Crippen molar-refractivity contribution in [1.29, 1.82) is 0 Å². The average Bonchev–Trinajstić information content (AvgIpc) is 3.49. The molecular formula is C25H29N7O4. The van der Waals surface area contributed by atoms with Gasteiger partial charge in [-0.15, -0.1) is 5.10 Å². The number of carbonyl (C=O) groups is 4. The molecule has 5 heterocycles. The SMILES string of the molecule is CN1CCCC2CN(C(=O)c3cn(-c4ccc5c(c4)C(=O)N(C4CCC(=O)NC4=O)C5)nn3)CCC21. The second-order valence-electron chi connectivity index (χ2n) is 10.3. The van der Waals surface area contributed by atoms with E-state index >= 15 is 0 Å². The van der Waals surface area contributed by atoms with Gasteiger partial charge >= 0.3 is 0 Å². The van der Waals surface area contributed by atoms with Gasteiger partial charge in [-0.1, -0.05) is 11.3 Å². The number of piperidine rings is 3. The van der Waals surface area contributed by atoms with E-state index in [1.165, 1.54) is 9.58 Å². The van der Waals surface area contributed by atoms with Crippen LogP contribution in [0.1, 0.15) is 58.5 Å². The van der Waals surface area contributed by atoms with Crippen molar-refractivity contribution in [2.24, 2.45) is 5.92 Å². The second-order valence-corrected chi connectivity index (χ2v) is 10.3. The molecule has 3 fully saturated rings. The summed E-state index contributed by atoms with van der Waals surface area (Å²) in [5, 5.41) is 10.6. The van der Waals surface area contributed by atoms with E-state index in [4.69, 9.17) is 0 Å². The fraction of sp³-hybridized carbons (Fsp3) is 0.520. The molecule has 0 spiro atoms. The van der Waals surface area contributed by atoms with Crippen molar-refractivity contribution in [1.82, 2.24) is 35.0 Å². The predicted molar refractivity (Wildman–Crippen MR) is 127 cm³/mol. The van der Waals surface area contributed by atoms with Gasteiger partial charge in [0, 0.05) is 37.7 Å². The molecule has 188 valence electrons. The summed E-state index contributed by atoms with van der Waals surface area (Å²) in [5.74, 6) is -0.621. The van der Waals surface area contributed by atoms with Gasteiger partial charge in [-0.2, -0.15) is 0 Å². The highest BCUT2D eigenvalue weighted by molar-refractivity contribution is 6.05. The van der Waals surface area contributed by atoms with Crippen molar-refractivity contribution in [3.8, 4) is 5.69 Å². The zero-order valence-electron chi connectivity index (χ0n) is 20.2. The van der Waals surface area contributed by atoms with Crippen molar-refractivity contribution in [3.05, 3.63) is 41.2 Å². The molecule has 4 amide bonds. The summed E-state index contributed by atoms with van der Waals surface area (Å²) in [6, 6.07) is 5.27. The lowest BCUT2D eigenvalue weighted by Gasteiger charge is -2.45. The number of hydrogen-bond acceptors (Lipinski definition) is 7. The monoisotopic (exact) mass is 491 g/mol. The van der Waals surface area contributed by atoms with Crippen LogP contribution in [0, 0.1) is 5.92 Å². The van der Waals surface area contributed by atoms with Crippen molar-refractivity contribution < 1.29 is 19.2 Å². The summed E-state index contributed by atoms with van der Waals surface area (Å²) in [5.41, 5.74) is 2.20. The molecular weight excluding hydrogens is 462 g/mol. The Kier molecular flexibility index (Phi) is 5.59. The highest BCUT2D eigenvalue weighted by Gasteiger charge is 2.39.